The first kappa shape index (κ1) is 11.9. The molecule has 0 aromatic heterocycles. The Bertz CT molecular complexity index is 278. The zero-order valence-electron chi connectivity index (χ0n) is 10.3. The SMILES string of the molecule is CC(C)(C)OC(=O)CC1CCC2(CNC2)O1. The fourth-order valence-electron chi connectivity index (χ4n) is 2.27. The fourth-order valence-corrected chi connectivity index (χ4v) is 2.27. The predicted molar refractivity (Wildman–Crippen MR) is 60.2 cm³/mol. The Morgan fingerprint density at radius 1 is 1.50 bits per heavy atom. The second kappa shape index (κ2) is 4.00. The summed E-state index contributed by atoms with van der Waals surface area (Å²) in [5, 5.41) is 3.21. The topological polar surface area (TPSA) is 47.6 Å². The van der Waals surface area contributed by atoms with Crippen molar-refractivity contribution in [2.24, 2.45) is 0 Å². The Hall–Kier alpha value is -0.610. The molecule has 0 amide bonds. The zero-order chi connectivity index (χ0) is 11.8. The van der Waals surface area contributed by atoms with E-state index in [1.54, 1.807) is 0 Å². The number of rotatable bonds is 2. The smallest absolute Gasteiger partial charge is 0.308 e. The lowest BCUT2D eigenvalue weighted by Crippen LogP contribution is -2.59. The van der Waals surface area contributed by atoms with Crippen LogP contribution in [0.4, 0.5) is 0 Å². The van der Waals surface area contributed by atoms with Gasteiger partial charge in [0.2, 0.25) is 0 Å². The molecule has 1 N–H and O–H groups in total. The molecule has 0 aromatic carbocycles. The molecule has 4 heteroatoms. The Kier molecular flexibility index (Phi) is 2.97. The van der Waals surface area contributed by atoms with E-state index in [0.717, 1.165) is 25.9 Å². The van der Waals surface area contributed by atoms with Gasteiger partial charge >= 0.3 is 5.97 Å². The minimum Gasteiger partial charge on any atom is -0.460 e. The van der Waals surface area contributed by atoms with Crippen LogP contribution in [0.3, 0.4) is 0 Å². The quantitative estimate of drug-likeness (QED) is 0.721. The van der Waals surface area contributed by atoms with Crippen LogP contribution in [0, 0.1) is 0 Å². The van der Waals surface area contributed by atoms with Gasteiger partial charge in [0.1, 0.15) is 5.60 Å². The molecule has 4 nitrogen and oxygen atoms in total. The van der Waals surface area contributed by atoms with E-state index >= 15 is 0 Å². The highest BCUT2D eigenvalue weighted by atomic mass is 16.6. The van der Waals surface area contributed by atoms with Crippen molar-refractivity contribution in [2.45, 2.75) is 57.3 Å². The lowest BCUT2D eigenvalue weighted by molar-refractivity contribution is -0.160. The van der Waals surface area contributed by atoms with E-state index in [-0.39, 0.29) is 17.7 Å². The van der Waals surface area contributed by atoms with Crippen LogP contribution in [-0.4, -0.2) is 36.4 Å². The third-order valence-electron chi connectivity index (χ3n) is 3.05. The lowest BCUT2D eigenvalue weighted by atomic mass is 9.93. The molecule has 92 valence electrons. The van der Waals surface area contributed by atoms with Crippen LogP contribution in [0.1, 0.15) is 40.0 Å². The van der Waals surface area contributed by atoms with Crippen LogP contribution in [0.25, 0.3) is 0 Å². The Balaban J connectivity index is 1.76. The summed E-state index contributed by atoms with van der Waals surface area (Å²) in [4.78, 5) is 11.6. The molecule has 2 saturated heterocycles. The number of hydrogen-bond acceptors (Lipinski definition) is 4. The van der Waals surface area contributed by atoms with Gasteiger partial charge in [0.25, 0.3) is 0 Å². The number of carbonyl (C=O) groups excluding carboxylic acids is 1. The number of hydrogen-bond donors (Lipinski definition) is 1. The van der Waals surface area contributed by atoms with Gasteiger partial charge in [-0.25, -0.2) is 0 Å². The number of ether oxygens (including phenoxy) is 2. The summed E-state index contributed by atoms with van der Waals surface area (Å²) in [7, 11) is 0. The third-order valence-corrected chi connectivity index (χ3v) is 3.05. The summed E-state index contributed by atoms with van der Waals surface area (Å²) >= 11 is 0. The molecule has 0 bridgehead atoms. The van der Waals surface area contributed by atoms with E-state index in [0.29, 0.717) is 6.42 Å². The first-order chi connectivity index (χ1) is 7.39. The predicted octanol–water partition coefficient (Wildman–Crippen LogP) is 1.24. The molecule has 0 aromatic rings. The summed E-state index contributed by atoms with van der Waals surface area (Å²) in [6.45, 7) is 7.52. The molecular weight excluding hydrogens is 206 g/mol. The van der Waals surface area contributed by atoms with Gasteiger partial charge in [0.05, 0.1) is 18.1 Å². The average molecular weight is 227 g/mol. The van der Waals surface area contributed by atoms with Crippen molar-refractivity contribution in [3.63, 3.8) is 0 Å². The van der Waals surface area contributed by atoms with Gasteiger partial charge in [-0.1, -0.05) is 0 Å². The first-order valence-corrected chi connectivity index (χ1v) is 5.99. The van der Waals surface area contributed by atoms with Gasteiger partial charge in [-0.2, -0.15) is 0 Å². The van der Waals surface area contributed by atoms with E-state index < -0.39 is 5.60 Å². The van der Waals surface area contributed by atoms with Gasteiger partial charge in [-0.3, -0.25) is 4.79 Å². The van der Waals surface area contributed by atoms with Crippen molar-refractivity contribution in [1.29, 1.82) is 0 Å². The van der Waals surface area contributed by atoms with Crippen LogP contribution < -0.4 is 5.32 Å². The molecule has 0 radical (unpaired) electrons. The van der Waals surface area contributed by atoms with Gasteiger partial charge in [-0.15, -0.1) is 0 Å². The molecule has 2 aliphatic heterocycles. The Labute approximate surface area is 96.7 Å². The van der Waals surface area contributed by atoms with Gasteiger partial charge in [0.15, 0.2) is 0 Å². The molecule has 1 spiro atoms. The number of esters is 1. The van der Waals surface area contributed by atoms with E-state index in [2.05, 4.69) is 5.32 Å². The number of nitrogens with one attached hydrogen (secondary N) is 1. The maximum atomic E-state index is 11.6. The molecule has 2 heterocycles. The van der Waals surface area contributed by atoms with Crippen LogP contribution in [0.2, 0.25) is 0 Å². The Morgan fingerprint density at radius 3 is 2.62 bits per heavy atom. The van der Waals surface area contributed by atoms with E-state index in [4.69, 9.17) is 9.47 Å². The van der Waals surface area contributed by atoms with Crippen molar-refractivity contribution in [3.8, 4) is 0 Å². The molecule has 16 heavy (non-hydrogen) atoms. The van der Waals surface area contributed by atoms with E-state index in [1.165, 1.54) is 0 Å². The molecule has 0 saturated carbocycles. The minimum atomic E-state index is -0.397. The molecular formula is C12H21NO3. The van der Waals surface area contributed by atoms with Crippen molar-refractivity contribution in [2.75, 3.05) is 13.1 Å². The Morgan fingerprint density at radius 2 is 2.19 bits per heavy atom. The number of carbonyl (C=O) groups is 1. The normalized spacial score (nSPS) is 27.8. The monoisotopic (exact) mass is 227 g/mol. The third kappa shape index (κ3) is 2.74. The van der Waals surface area contributed by atoms with Crippen LogP contribution in [-0.2, 0) is 14.3 Å². The van der Waals surface area contributed by atoms with E-state index in [9.17, 15) is 4.79 Å². The van der Waals surface area contributed by atoms with Crippen LogP contribution in [0.5, 0.6) is 0 Å². The molecule has 1 atom stereocenters. The molecule has 0 aliphatic carbocycles. The summed E-state index contributed by atoms with van der Waals surface area (Å²) < 4.78 is 11.2. The van der Waals surface area contributed by atoms with Gasteiger partial charge < -0.3 is 14.8 Å². The summed E-state index contributed by atoms with van der Waals surface area (Å²) in [5.74, 6) is -0.151. The maximum Gasteiger partial charge on any atom is 0.308 e. The largest absolute Gasteiger partial charge is 0.460 e. The van der Waals surface area contributed by atoms with Crippen molar-refractivity contribution < 1.29 is 14.3 Å². The van der Waals surface area contributed by atoms with Crippen molar-refractivity contribution >= 4 is 5.97 Å². The lowest BCUT2D eigenvalue weighted by Gasteiger charge is -2.38. The zero-order valence-corrected chi connectivity index (χ0v) is 10.3. The minimum absolute atomic E-state index is 0.0344. The fraction of sp³-hybridized carbons (Fsp3) is 0.917. The average Bonchev–Trinajstić information content (AvgIpc) is 2.43. The van der Waals surface area contributed by atoms with E-state index in [1.807, 2.05) is 20.8 Å². The summed E-state index contributed by atoms with van der Waals surface area (Å²) in [6.07, 6.45) is 2.48. The van der Waals surface area contributed by atoms with Crippen molar-refractivity contribution in [1.82, 2.24) is 5.32 Å². The van der Waals surface area contributed by atoms with Crippen LogP contribution in [0.15, 0.2) is 0 Å². The van der Waals surface area contributed by atoms with Gasteiger partial charge in [0, 0.05) is 13.1 Å². The summed E-state index contributed by atoms with van der Waals surface area (Å²) in [5.41, 5.74) is -0.363. The first-order valence-electron chi connectivity index (χ1n) is 5.99. The molecule has 2 fully saturated rings. The standard InChI is InChI=1S/C12H21NO3/c1-11(2,3)16-10(14)6-9-4-5-12(15-9)7-13-8-12/h9,13H,4-8H2,1-3H3. The molecule has 2 rings (SSSR count). The molecule has 1 unspecified atom stereocenters. The second-order valence-corrected chi connectivity index (χ2v) is 5.86. The van der Waals surface area contributed by atoms with Crippen LogP contribution >= 0.6 is 0 Å². The maximum absolute atomic E-state index is 11.6. The summed E-state index contributed by atoms with van der Waals surface area (Å²) in [6, 6.07) is 0. The second-order valence-electron chi connectivity index (χ2n) is 5.86. The molecule has 2 aliphatic rings. The van der Waals surface area contributed by atoms with Crippen molar-refractivity contribution in [3.05, 3.63) is 0 Å². The highest BCUT2D eigenvalue weighted by Gasteiger charge is 2.45. The highest BCUT2D eigenvalue weighted by Crippen LogP contribution is 2.34. The highest BCUT2D eigenvalue weighted by molar-refractivity contribution is 5.70. The van der Waals surface area contributed by atoms with Gasteiger partial charge in [-0.05, 0) is 33.6 Å².